The van der Waals surface area contributed by atoms with E-state index >= 15 is 0 Å². The molecule has 4 rings (SSSR count). The van der Waals surface area contributed by atoms with Crippen molar-refractivity contribution in [1.29, 1.82) is 0 Å². The van der Waals surface area contributed by atoms with Crippen LogP contribution in [0.3, 0.4) is 0 Å². The summed E-state index contributed by atoms with van der Waals surface area (Å²) in [6.45, 7) is 4.07. The molecule has 27 heavy (non-hydrogen) atoms. The largest absolute Gasteiger partial charge is 0.325 e. The number of hydrogen-bond acceptors (Lipinski definition) is 5. The molecule has 0 saturated heterocycles. The fourth-order valence-corrected chi connectivity index (χ4v) is 3.73. The summed E-state index contributed by atoms with van der Waals surface area (Å²) in [7, 11) is -4.10. The Balaban J connectivity index is 1.86. The van der Waals surface area contributed by atoms with Crippen molar-refractivity contribution in [3.63, 3.8) is 0 Å². The van der Waals surface area contributed by atoms with Crippen molar-refractivity contribution in [2.45, 2.75) is 25.3 Å². The number of rotatable bonds is 3. The van der Waals surface area contributed by atoms with Crippen molar-refractivity contribution in [1.82, 2.24) is 19.5 Å². The van der Waals surface area contributed by atoms with E-state index in [1.54, 1.807) is 6.33 Å². The van der Waals surface area contributed by atoms with Gasteiger partial charge in [0, 0.05) is 17.6 Å². The number of sulfonamides is 1. The number of pyridine rings is 2. The predicted octanol–water partition coefficient (Wildman–Crippen LogP) is 2.43. The minimum atomic E-state index is -4.10. The van der Waals surface area contributed by atoms with Gasteiger partial charge < -0.3 is 4.57 Å². The van der Waals surface area contributed by atoms with Crippen molar-refractivity contribution in [2.24, 2.45) is 5.14 Å². The molecule has 0 atom stereocenters. The summed E-state index contributed by atoms with van der Waals surface area (Å²) in [6, 6.07) is 7.72. The van der Waals surface area contributed by atoms with E-state index in [0.29, 0.717) is 17.8 Å². The molecular formula is C18H16FN5O2S. The fourth-order valence-electron chi connectivity index (χ4n) is 3.14. The predicted molar refractivity (Wildman–Crippen MR) is 99.2 cm³/mol. The van der Waals surface area contributed by atoms with Crippen molar-refractivity contribution in [3.05, 3.63) is 59.4 Å². The summed E-state index contributed by atoms with van der Waals surface area (Å²) >= 11 is 0. The van der Waals surface area contributed by atoms with E-state index < -0.39 is 20.7 Å². The van der Waals surface area contributed by atoms with Crippen LogP contribution in [0.4, 0.5) is 4.39 Å². The highest BCUT2D eigenvalue weighted by molar-refractivity contribution is 7.89. The van der Waals surface area contributed by atoms with Crippen LogP contribution in [0.15, 0.2) is 41.6 Å². The van der Waals surface area contributed by atoms with Crippen molar-refractivity contribution < 1.29 is 12.8 Å². The fraction of sp³-hybridized carbons (Fsp3) is 0.167. The third kappa shape index (κ3) is 3.04. The maximum Gasteiger partial charge on any atom is 0.240 e. The van der Waals surface area contributed by atoms with E-state index in [-0.39, 0.29) is 0 Å². The van der Waals surface area contributed by atoms with Crippen molar-refractivity contribution >= 4 is 32.1 Å². The van der Waals surface area contributed by atoms with Crippen molar-refractivity contribution in [3.8, 4) is 0 Å². The number of aromatic nitrogens is 4. The van der Waals surface area contributed by atoms with Gasteiger partial charge in [-0.25, -0.2) is 32.9 Å². The summed E-state index contributed by atoms with van der Waals surface area (Å²) < 4.78 is 38.8. The standard InChI is InChI=1S/C18H16FN5O2S/c1-10-3-5-13-17-16(11(2)23-18(13)22-10)21-9-24(17)8-12-4-6-15(14(19)7-12)27(20,25)26/h3-7,9H,8H2,1-2H3,(H2,20,25,26). The monoisotopic (exact) mass is 385 g/mol. The zero-order valence-electron chi connectivity index (χ0n) is 14.6. The lowest BCUT2D eigenvalue weighted by atomic mass is 10.2. The Hall–Kier alpha value is -2.91. The maximum absolute atomic E-state index is 14.1. The number of fused-ring (bicyclic) bond motifs is 3. The van der Waals surface area contributed by atoms with Crippen LogP contribution in [-0.2, 0) is 16.6 Å². The summed E-state index contributed by atoms with van der Waals surface area (Å²) in [4.78, 5) is 12.9. The molecule has 0 saturated carbocycles. The van der Waals surface area contributed by atoms with Gasteiger partial charge in [-0.15, -0.1) is 0 Å². The van der Waals surface area contributed by atoms with E-state index in [9.17, 15) is 12.8 Å². The molecule has 138 valence electrons. The maximum atomic E-state index is 14.1. The first kappa shape index (κ1) is 17.5. The molecule has 7 nitrogen and oxygen atoms in total. The molecule has 0 aliphatic heterocycles. The molecular weight excluding hydrogens is 369 g/mol. The molecule has 0 aliphatic rings. The summed E-state index contributed by atoms with van der Waals surface area (Å²) in [5, 5.41) is 5.86. The van der Waals surface area contributed by atoms with E-state index in [0.717, 1.165) is 27.8 Å². The molecule has 0 unspecified atom stereocenters. The highest BCUT2D eigenvalue weighted by atomic mass is 32.2. The van der Waals surface area contributed by atoms with Crippen molar-refractivity contribution in [2.75, 3.05) is 0 Å². The minimum Gasteiger partial charge on any atom is -0.325 e. The number of imidazole rings is 1. The first-order chi connectivity index (χ1) is 12.7. The lowest BCUT2D eigenvalue weighted by Crippen LogP contribution is -2.14. The number of aryl methyl sites for hydroxylation is 2. The smallest absolute Gasteiger partial charge is 0.240 e. The molecule has 1 aromatic carbocycles. The first-order valence-corrected chi connectivity index (χ1v) is 9.68. The zero-order chi connectivity index (χ0) is 19.3. The van der Waals surface area contributed by atoms with Crippen LogP contribution in [-0.4, -0.2) is 27.9 Å². The van der Waals surface area contributed by atoms with E-state index in [4.69, 9.17) is 5.14 Å². The summed E-state index contributed by atoms with van der Waals surface area (Å²) in [5.41, 5.74) is 4.42. The molecule has 3 aromatic heterocycles. The number of nitrogens with zero attached hydrogens (tertiary/aromatic N) is 4. The quantitative estimate of drug-likeness (QED) is 0.583. The Morgan fingerprint density at radius 3 is 2.63 bits per heavy atom. The topological polar surface area (TPSA) is 104 Å². The van der Waals surface area contributed by atoms with Gasteiger partial charge in [0.05, 0.1) is 17.5 Å². The molecule has 0 spiro atoms. The molecule has 0 fully saturated rings. The number of primary sulfonamides is 1. The minimum absolute atomic E-state index is 0.310. The zero-order valence-corrected chi connectivity index (χ0v) is 15.5. The van der Waals surface area contributed by atoms with Crippen LogP contribution >= 0.6 is 0 Å². The Morgan fingerprint density at radius 1 is 1.15 bits per heavy atom. The van der Waals surface area contributed by atoms with Gasteiger partial charge in [-0.3, -0.25) is 0 Å². The Morgan fingerprint density at radius 2 is 1.93 bits per heavy atom. The molecule has 0 aliphatic carbocycles. The second kappa shape index (κ2) is 6.07. The van der Waals surface area contributed by atoms with E-state index in [2.05, 4.69) is 15.0 Å². The van der Waals surface area contributed by atoms with Gasteiger partial charge in [0.1, 0.15) is 16.2 Å². The molecule has 0 radical (unpaired) electrons. The highest BCUT2D eigenvalue weighted by Crippen LogP contribution is 2.26. The second-order valence-electron chi connectivity index (χ2n) is 6.40. The Bertz CT molecular complexity index is 1310. The first-order valence-electron chi connectivity index (χ1n) is 8.14. The van der Waals surface area contributed by atoms with Gasteiger partial charge in [0.25, 0.3) is 0 Å². The summed E-state index contributed by atoms with van der Waals surface area (Å²) in [6.07, 6.45) is 1.66. The highest BCUT2D eigenvalue weighted by Gasteiger charge is 2.16. The van der Waals surface area contributed by atoms with E-state index in [1.807, 2.05) is 30.5 Å². The van der Waals surface area contributed by atoms with Gasteiger partial charge in [-0.2, -0.15) is 0 Å². The van der Waals surface area contributed by atoms with Crippen LogP contribution in [0.25, 0.3) is 22.1 Å². The van der Waals surface area contributed by atoms with Gasteiger partial charge in [-0.05, 0) is 43.7 Å². The van der Waals surface area contributed by atoms with Gasteiger partial charge >= 0.3 is 0 Å². The van der Waals surface area contributed by atoms with Gasteiger partial charge in [0.2, 0.25) is 10.0 Å². The molecule has 2 N–H and O–H groups in total. The normalized spacial score (nSPS) is 12.1. The van der Waals surface area contributed by atoms with Crippen LogP contribution in [0.5, 0.6) is 0 Å². The van der Waals surface area contributed by atoms with Gasteiger partial charge in [-0.1, -0.05) is 6.07 Å². The number of halogens is 1. The lowest BCUT2D eigenvalue weighted by Gasteiger charge is -2.09. The second-order valence-corrected chi connectivity index (χ2v) is 7.93. The molecule has 0 amide bonds. The molecule has 3 heterocycles. The Labute approximate surface area is 154 Å². The summed E-state index contributed by atoms with van der Waals surface area (Å²) in [5.74, 6) is -0.876. The Kier molecular flexibility index (Phi) is 3.93. The average Bonchev–Trinajstić information content (AvgIpc) is 2.98. The lowest BCUT2D eigenvalue weighted by molar-refractivity contribution is 0.566. The van der Waals surface area contributed by atoms with Crippen LogP contribution < -0.4 is 5.14 Å². The number of benzene rings is 1. The number of hydrogen-bond donors (Lipinski definition) is 1. The third-order valence-electron chi connectivity index (χ3n) is 4.38. The van der Waals surface area contributed by atoms with E-state index in [1.165, 1.54) is 18.2 Å². The average molecular weight is 385 g/mol. The van der Waals surface area contributed by atoms with Crippen LogP contribution in [0, 0.1) is 19.7 Å². The van der Waals surface area contributed by atoms with Crippen LogP contribution in [0.1, 0.15) is 17.0 Å². The SMILES string of the molecule is Cc1ccc2c(n1)nc(C)c1ncn(Cc3ccc(S(N)(=O)=O)c(F)c3)c12. The molecule has 9 heteroatoms. The number of nitrogens with two attached hydrogens (primary N) is 1. The molecule has 0 bridgehead atoms. The molecule has 4 aromatic rings. The van der Waals surface area contributed by atoms with Crippen LogP contribution in [0.2, 0.25) is 0 Å². The third-order valence-corrected chi connectivity index (χ3v) is 5.32. The van der Waals surface area contributed by atoms with Gasteiger partial charge in [0.15, 0.2) is 5.65 Å².